The van der Waals surface area contributed by atoms with Crippen molar-refractivity contribution < 1.29 is 19.2 Å². The normalized spacial score (nSPS) is 15.5. The smallest absolute Gasteiger partial charge is 0.274 e. The number of hydrogen-bond donors (Lipinski definition) is 1. The molecule has 0 aliphatic carbocycles. The van der Waals surface area contributed by atoms with Gasteiger partial charge in [0.1, 0.15) is 6.04 Å². The van der Waals surface area contributed by atoms with Crippen molar-refractivity contribution in [2.45, 2.75) is 19.4 Å². The van der Waals surface area contributed by atoms with Crippen LogP contribution in [0.25, 0.3) is 0 Å². The fraction of sp³-hybridized carbons (Fsp3) is 0.125. The van der Waals surface area contributed by atoms with Gasteiger partial charge in [0.05, 0.1) is 17.7 Å². The highest BCUT2D eigenvalue weighted by molar-refractivity contribution is 6.31. The van der Waals surface area contributed by atoms with Crippen molar-refractivity contribution in [3.8, 4) is 0 Å². The maximum absolute atomic E-state index is 13.3. The molecule has 1 N–H and O–H groups in total. The van der Waals surface area contributed by atoms with E-state index in [1.807, 2.05) is 6.92 Å². The Hall–Kier alpha value is -4.04. The first-order valence-corrected chi connectivity index (χ1v) is 10.5. The molecule has 8 nitrogen and oxygen atoms in total. The molecule has 4 rings (SSSR count). The van der Waals surface area contributed by atoms with Gasteiger partial charge in [-0.25, -0.2) is 9.91 Å². The van der Waals surface area contributed by atoms with Crippen molar-refractivity contribution in [3.05, 3.63) is 94.8 Å². The van der Waals surface area contributed by atoms with E-state index in [2.05, 4.69) is 10.4 Å². The summed E-state index contributed by atoms with van der Waals surface area (Å²) >= 11 is 5.91. The number of hydrogen-bond acceptors (Lipinski definition) is 5. The second-order valence-electron chi connectivity index (χ2n) is 7.49. The number of rotatable bonds is 4. The number of carbonyl (C=O) groups excluding carboxylic acids is 4. The number of hydrazine groups is 1. The van der Waals surface area contributed by atoms with E-state index >= 15 is 0 Å². The molecule has 2 aromatic carbocycles. The molecule has 9 heteroatoms. The third kappa shape index (κ3) is 4.61. The van der Waals surface area contributed by atoms with Crippen LogP contribution in [0.2, 0.25) is 5.02 Å². The average molecular weight is 463 g/mol. The van der Waals surface area contributed by atoms with Gasteiger partial charge in [-0.05, 0) is 55.5 Å². The van der Waals surface area contributed by atoms with Crippen LogP contribution in [0.4, 0.5) is 5.69 Å². The Balaban J connectivity index is 1.66. The highest BCUT2D eigenvalue weighted by Crippen LogP contribution is 2.27. The highest BCUT2D eigenvalue weighted by Gasteiger charge is 2.45. The molecular weight excluding hydrogens is 444 g/mol. The number of aromatic nitrogens is 1. The Morgan fingerprint density at radius 3 is 2.36 bits per heavy atom. The van der Waals surface area contributed by atoms with Gasteiger partial charge in [-0.15, -0.1) is 0 Å². The van der Waals surface area contributed by atoms with Gasteiger partial charge in [0.2, 0.25) is 5.91 Å². The van der Waals surface area contributed by atoms with E-state index in [1.165, 1.54) is 18.5 Å². The predicted molar refractivity (Wildman–Crippen MR) is 121 cm³/mol. The molecule has 33 heavy (non-hydrogen) atoms. The van der Waals surface area contributed by atoms with Gasteiger partial charge >= 0.3 is 0 Å². The van der Waals surface area contributed by atoms with Crippen molar-refractivity contribution in [1.29, 1.82) is 0 Å². The minimum absolute atomic E-state index is 0.159. The number of nitrogens with zero attached hydrogens (tertiary/aromatic N) is 3. The van der Waals surface area contributed by atoms with Crippen molar-refractivity contribution in [1.82, 2.24) is 15.4 Å². The zero-order chi connectivity index (χ0) is 23.5. The number of nitrogens with one attached hydrogen (secondary N) is 1. The third-order valence-corrected chi connectivity index (χ3v) is 5.43. The Labute approximate surface area is 194 Å². The Bertz CT molecular complexity index is 1210. The molecule has 0 spiro atoms. The highest BCUT2D eigenvalue weighted by atomic mass is 35.5. The van der Waals surface area contributed by atoms with E-state index in [0.29, 0.717) is 16.3 Å². The van der Waals surface area contributed by atoms with Crippen LogP contribution in [0, 0.1) is 6.92 Å². The molecule has 166 valence electrons. The third-order valence-electron chi connectivity index (χ3n) is 5.18. The van der Waals surface area contributed by atoms with E-state index in [1.54, 1.807) is 54.6 Å². The van der Waals surface area contributed by atoms with Crippen molar-refractivity contribution in [3.63, 3.8) is 0 Å². The summed E-state index contributed by atoms with van der Waals surface area (Å²) < 4.78 is 0. The summed E-state index contributed by atoms with van der Waals surface area (Å²) in [7, 11) is 0. The second-order valence-corrected chi connectivity index (χ2v) is 7.92. The van der Waals surface area contributed by atoms with Crippen LogP contribution >= 0.6 is 11.6 Å². The largest absolute Gasteiger partial charge is 0.274 e. The van der Waals surface area contributed by atoms with Gasteiger partial charge in [0, 0.05) is 23.0 Å². The van der Waals surface area contributed by atoms with Gasteiger partial charge in [0.15, 0.2) is 0 Å². The topological polar surface area (TPSA) is 99.7 Å². The zero-order valence-corrected chi connectivity index (χ0v) is 18.3. The fourth-order valence-electron chi connectivity index (χ4n) is 3.46. The molecule has 1 unspecified atom stereocenters. The number of halogens is 1. The lowest BCUT2D eigenvalue weighted by Gasteiger charge is -2.28. The summed E-state index contributed by atoms with van der Waals surface area (Å²) in [6.07, 6.45) is 2.53. The van der Waals surface area contributed by atoms with E-state index in [0.717, 1.165) is 15.5 Å². The van der Waals surface area contributed by atoms with Gasteiger partial charge in [0.25, 0.3) is 17.7 Å². The van der Waals surface area contributed by atoms with Crippen molar-refractivity contribution in [2.24, 2.45) is 0 Å². The number of amides is 4. The van der Waals surface area contributed by atoms with Crippen LogP contribution in [0.5, 0.6) is 0 Å². The molecule has 1 atom stereocenters. The standard InChI is InChI=1S/C24H19ClN4O4/c1-15-4-6-16(7-5-15)22(31)27-29(23(32)17-3-2-12-26-14-17)20-13-21(30)28(24(20)33)19-10-8-18(25)9-11-19/h2-12,14,20H,13H2,1H3,(H,27,31). The molecule has 1 saturated heterocycles. The van der Waals surface area contributed by atoms with Gasteiger partial charge in [-0.3, -0.25) is 29.6 Å². The number of anilines is 1. The lowest BCUT2D eigenvalue weighted by molar-refractivity contribution is -0.122. The summed E-state index contributed by atoms with van der Waals surface area (Å²) in [6, 6.07) is 14.8. The van der Waals surface area contributed by atoms with E-state index in [-0.39, 0.29) is 12.0 Å². The fourth-order valence-corrected chi connectivity index (χ4v) is 3.58. The molecular formula is C24H19ClN4O4. The summed E-state index contributed by atoms with van der Waals surface area (Å²) in [5, 5.41) is 1.36. The first-order chi connectivity index (χ1) is 15.8. The lowest BCUT2D eigenvalue weighted by Crippen LogP contribution is -2.54. The zero-order valence-electron chi connectivity index (χ0n) is 17.6. The quantitative estimate of drug-likeness (QED) is 0.474. The summed E-state index contributed by atoms with van der Waals surface area (Å²) in [5.74, 6) is -2.38. The monoisotopic (exact) mass is 462 g/mol. The van der Waals surface area contributed by atoms with Gasteiger partial charge in [-0.2, -0.15) is 0 Å². The first kappa shape index (κ1) is 22.2. The van der Waals surface area contributed by atoms with Crippen LogP contribution in [0.1, 0.15) is 32.7 Å². The van der Waals surface area contributed by atoms with Crippen LogP contribution in [0.3, 0.4) is 0 Å². The van der Waals surface area contributed by atoms with Gasteiger partial charge in [-0.1, -0.05) is 29.3 Å². The Kier molecular flexibility index (Phi) is 6.19. The van der Waals surface area contributed by atoms with Crippen molar-refractivity contribution >= 4 is 40.9 Å². The Morgan fingerprint density at radius 2 is 1.73 bits per heavy atom. The van der Waals surface area contributed by atoms with Crippen LogP contribution in [0.15, 0.2) is 73.1 Å². The number of carbonyl (C=O) groups is 4. The molecule has 0 radical (unpaired) electrons. The van der Waals surface area contributed by atoms with Gasteiger partial charge < -0.3 is 0 Å². The minimum atomic E-state index is -1.23. The van der Waals surface area contributed by atoms with Crippen LogP contribution in [-0.2, 0) is 9.59 Å². The lowest BCUT2D eigenvalue weighted by atomic mass is 10.1. The molecule has 1 aromatic heterocycles. The van der Waals surface area contributed by atoms with E-state index in [9.17, 15) is 19.2 Å². The number of imide groups is 1. The molecule has 4 amide bonds. The molecule has 2 heterocycles. The number of benzene rings is 2. The molecule has 3 aromatic rings. The maximum Gasteiger partial charge on any atom is 0.274 e. The minimum Gasteiger partial charge on any atom is -0.274 e. The second kappa shape index (κ2) is 9.22. The van der Waals surface area contributed by atoms with E-state index in [4.69, 9.17) is 11.6 Å². The molecule has 0 bridgehead atoms. The van der Waals surface area contributed by atoms with Crippen LogP contribution < -0.4 is 10.3 Å². The summed E-state index contributed by atoms with van der Waals surface area (Å²) in [4.78, 5) is 57.1. The van der Waals surface area contributed by atoms with Crippen LogP contribution in [-0.4, -0.2) is 39.7 Å². The number of pyridine rings is 1. The summed E-state index contributed by atoms with van der Waals surface area (Å²) in [6.45, 7) is 1.88. The molecule has 1 aliphatic heterocycles. The molecule has 0 saturated carbocycles. The molecule has 1 fully saturated rings. The average Bonchev–Trinajstić information content (AvgIpc) is 3.12. The summed E-state index contributed by atoms with van der Waals surface area (Å²) in [5.41, 5.74) is 4.27. The predicted octanol–water partition coefficient (Wildman–Crippen LogP) is 3.16. The maximum atomic E-state index is 13.3. The van der Waals surface area contributed by atoms with E-state index < -0.39 is 29.7 Å². The number of aryl methyl sites for hydroxylation is 1. The Morgan fingerprint density at radius 1 is 1.03 bits per heavy atom. The first-order valence-electron chi connectivity index (χ1n) is 10.1. The van der Waals surface area contributed by atoms with Crippen molar-refractivity contribution in [2.75, 3.05) is 4.90 Å². The SMILES string of the molecule is Cc1ccc(C(=O)NN(C(=O)c2cccnc2)C2CC(=O)N(c3ccc(Cl)cc3)C2=O)cc1. The molecule has 1 aliphatic rings.